The van der Waals surface area contributed by atoms with Crippen molar-refractivity contribution in [2.45, 2.75) is 25.8 Å². The van der Waals surface area contributed by atoms with E-state index in [1.165, 1.54) is 29.9 Å². The minimum absolute atomic E-state index is 0.0319. The fourth-order valence-electron chi connectivity index (χ4n) is 2.44. The Morgan fingerprint density at radius 3 is 2.61 bits per heavy atom. The predicted octanol–water partition coefficient (Wildman–Crippen LogP) is 2.41. The van der Waals surface area contributed by atoms with Crippen molar-refractivity contribution in [2.75, 3.05) is 7.05 Å². The van der Waals surface area contributed by atoms with Gasteiger partial charge in [-0.25, -0.2) is 4.39 Å². The Morgan fingerprint density at radius 1 is 1.30 bits per heavy atom. The minimum Gasteiger partial charge on any atom is -0.354 e. The molecular weight excluding hydrogens is 297 g/mol. The number of hydrogen-bond donors (Lipinski definition) is 1. The summed E-state index contributed by atoms with van der Waals surface area (Å²) in [5.41, 5.74) is 1.45. The molecule has 1 aromatic carbocycles. The molecule has 0 bridgehead atoms. The molecule has 0 spiro atoms. The molecule has 1 amide bonds. The van der Waals surface area contributed by atoms with Crippen LogP contribution in [0.3, 0.4) is 0 Å². The Bertz CT molecular complexity index is 733. The number of halogens is 1. The molecule has 0 aliphatic heterocycles. The van der Waals surface area contributed by atoms with Crippen molar-refractivity contribution >= 4 is 11.7 Å². The van der Waals surface area contributed by atoms with Crippen molar-refractivity contribution in [1.29, 1.82) is 0 Å². The van der Waals surface area contributed by atoms with Gasteiger partial charge in [-0.05, 0) is 36.5 Å². The average molecular weight is 315 g/mol. The van der Waals surface area contributed by atoms with E-state index in [9.17, 15) is 14.0 Å². The van der Waals surface area contributed by atoms with Crippen LogP contribution in [0.4, 0.5) is 4.39 Å². The first-order valence-electron chi connectivity index (χ1n) is 7.64. The van der Waals surface area contributed by atoms with Gasteiger partial charge in [-0.2, -0.15) is 5.10 Å². The summed E-state index contributed by atoms with van der Waals surface area (Å²) in [4.78, 5) is 24.2. The van der Waals surface area contributed by atoms with Crippen LogP contribution in [0, 0.1) is 11.7 Å². The number of Topliss-reactive ketones (excluding diaryl/α,β-unsaturated/α-hetero) is 1. The lowest BCUT2D eigenvalue weighted by Gasteiger charge is -2.06. The normalized spacial score (nSPS) is 13.8. The lowest BCUT2D eigenvalue weighted by atomic mass is 10.1. The molecule has 6 heteroatoms. The van der Waals surface area contributed by atoms with Crippen molar-refractivity contribution in [1.82, 2.24) is 15.1 Å². The second-order valence-corrected chi connectivity index (χ2v) is 5.85. The highest BCUT2D eigenvalue weighted by Gasteiger charge is 2.27. The molecule has 1 aliphatic carbocycles. The Balaban J connectivity index is 1.86. The van der Waals surface area contributed by atoms with Gasteiger partial charge in [-0.3, -0.25) is 14.3 Å². The number of amides is 1. The van der Waals surface area contributed by atoms with E-state index < -0.39 is 0 Å². The largest absolute Gasteiger partial charge is 0.354 e. The van der Waals surface area contributed by atoms with Gasteiger partial charge in [0.15, 0.2) is 5.78 Å². The van der Waals surface area contributed by atoms with Gasteiger partial charge in [0.25, 0.3) is 5.91 Å². The number of carbonyl (C=O) groups is 2. The Labute approximate surface area is 133 Å². The standard InChI is InChI=1S/C17H18FN3O2/c1-19-17(23)15-9-14(16(22)8-11-2-3-11)20-21(15)10-12-4-6-13(18)7-5-12/h4-7,9,11H,2-3,8,10H2,1H3,(H,19,23). The topological polar surface area (TPSA) is 64.0 Å². The average Bonchev–Trinajstić information content (AvgIpc) is 3.26. The number of rotatable bonds is 6. The Morgan fingerprint density at radius 2 is 2.00 bits per heavy atom. The van der Waals surface area contributed by atoms with Crippen molar-refractivity contribution in [3.05, 3.63) is 53.1 Å². The number of hydrogen-bond acceptors (Lipinski definition) is 3. The highest BCUT2D eigenvalue weighted by molar-refractivity contribution is 5.99. The molecular formula is C17H18FN3O2. The van der Waals surface area contributed by atoms with Crippen LogP contribution in [0.25, 0.3) is 0 Å². The van der Waals surface area contributed by atoms with Crippen molar-refractivity contribution in [3.8, 4) is 0 Å². The second-order valence-electron chi connectivity index (χ2n) is 5.85. The molecule has 0 saturated heterocycles. The van der Waals surface area contributed by atoms with E-state index in [-0.39, 0.29) is 17.5 Å². The zero-order valence-electron chi connectivity index (χ0n) is 12.9. The summed E-state index contributed by atoms with van der Waals surface area (Å²) < 4.78 is 14.5. The molecule has 2 aromatic rings. The molecule has 0 atom stereocenters. The molecule has 1 fully saturated rings. The molecule has 1 saturated carbocycles. The smallest absolute Gasteiger partial charge is 0.269 e. The molecule has 3 rings (SSSR count). The first kappa shape index (κ1) is 15.4. The van der Waals surface area contributed by atoms with E-state index in [1.54, 1.807) is 12.1 Å². The lowest BCUT2D eigenvalue weighted by molar-refractivity contribution is 0.0950. The zero-order chi connectivity index (χ0) is 16.4. The minimum atomic E-state index is -0.318. The molecule has 0 radical (unpaired) electrons. The fourth-order valence-corrected chi connectivity index (χ4v) is 2.44. The van der Waals surface area contributed by atoms with Crippen LogP contribution in [0.5, 0.6) is 0 Å². The maximum absolute atomic E-state index is 13.0. The third-order valence-corrected chi connectivity index (χ3v) is 3.94. The Hall–Kier alpha value is -2.50. The van der Waals surface area contributed by atoms with E-state index in [4.69, 9.17) is 0 Å². The quantitative estimate of drug-likeness (QED) is 0.833. The van der Waals surface area contributed by atoms with Gasteiger partial charge < -0.3 is 5.32 Å². The molecule has 120 valence electrons. The van der Waals surface area contributed by atoms with E-state index in [0.29, 0.717) is 30.3 Å². The third kappa shape index (κ3) is 3.64. The van der Waals surface area contributed by atoms with Crippen LogP contribution in [-0.2, 0) is 6.54 Å². The van der Waals surface area contributed by atoms with Crippen LogP contribution in [0.2, 0.25) is 0 Å². The summed E-state index contributed by atoms with van der Waals surface area (Å²) in [5.74, 6) is -0.185. The number of ketones is 1. The zero-order valence-corrected chi connectivity index (χ0v) is 12.9. The van der Waals surface area contributed by atoms with Crippen molar-refractivity contribution in [3.63, 3.8) is 0 Å². The van der Waals surface area contributed by atoms with Gasteiger partial charge in [-0.15, -0.1) is 0 Å². The van der Waals surface area contributed by atoms with Crippen LogP contribution >= 0.6 is 0 Å². The van der Waals surface area contributed by atoms with Crippen LogP contribution in [0.15, 0.2) is 30.3 Å². The molecule has 23 heavy (non-hydrogen) atoms. The van der Waals surface area contributed by atoms with Gasteiger partial charge in [0.05, 0.1) is 6.54 Å². The second kappa shape index (κ2) is 6.32. The fraction of sp³-hybridized carbons (Fsp3) is 0.353. The summed E-state index contributed by atoms with van der Waals surface area (Å²) in [6.45, 7) is 0.305. The summed E-state index contributed by atoms with van der Waals surface area (Å²) >= 11 is 0. The lowest BCUT2D eigenvalue weighted by Crippen LogP contribution is -2.22. The van der Waals surface area contributed by atoms with Crippen LogP contribution < -0.4 is 5.32 Å². The van der Waals surface area contributed by atoms with E-state index in [0.717, 1.165) is 18.4 Å². The summed E-state index contributed by atoms with van der Waals surface area (Å²) in [7, 11) is 1.53. The van der Waals surface area contributed by atoms with E-state index in [2.05, 4.69) is 10.4 Å². The predicted molar refractivity (Wildman–Crippen MR) is 82.8 cm³/mol. The molecule has 1 heterocycles. The van der Waals surface area contributed by atoms with Crippen LogP contribution in [0.1, 0.15) is 45.8 Å². The summed E-state index contributed by atoms with van der Waals surface area (Å²) in [6, 6.07) is 7.52. The number of nitrogens with zero attached hydrogens (tertiary/aromatic N) is 2. The maximum Gasteiger partial charge on any atom is 0.269 e. The third-order valence-electron chi connectivity index (χ3n) is 3.94. The molecule has 0 unspecified atom stereocenters. The van der Waals surface area contributed by atoms with Gasteiger partial charge in [0.2, 0.25) is 0 Å². The van der Waals surface area contributed by atoms with Gasteiger partial charge >= 0.3 is 0 Å². The highest BCUT2D eigenvalue weighted by Crippen LogP contribution is 2.33. The SMILES string of the molecule is CNC(=O)c1cc(C(=O)CC2CC2)nn1Cc1ccc(F)cc1. The first-order valence-corrected chi connectivity index (χ1v) is 7.64. The van der Waals surface area contributed by atoms with Gasteiger partial charge in [0.1, 0.15) is 17.2 Å². The number of nitrogens with one attached hydrogen (secondary N) is 1. The van der Waals surface area contributed by atoms with Gasteiger partial charge in [0, 0.05) is 19.5 Å². The Kier molecular flexibility index (Phi) is 4.23. The van der Waals surface area contributed by atoms with E-state index in [1.807, 2.05) is 0 Å². The first-order chi connectivity index (χ1) is 11.1. The summed E-state index contributed by atoms with van der Waals surface area (Å²) in [6.07, 6.45) is 2.66. The van der Waals surface area contributed by atoms with Crippen LogP contribution in [-0.4, -0.2) is 28.5 Å². The highest BCUT2D eigenvalue weighted by atomic mass is 19.1. The van der Waals surface area contributed by atoms with Crippen molar-refractivity contribution in [2.24, 2.45) is 5.92 Å². The van der Waals surface area contributed by atoms with Crippen molar-refractivity contribution < 1.29 is 14.0 Å². The van der Waals surface area contributed by atoms with Gasteiger partial charge in [-0.1, -0.05) is 12.1 Å². The number of aromatic nitrogens is 2. The maximum atomic E-state index is 13.0. The number of carbonyl (C=O) groups excluding carboxylic acids is 2. The molecule has 5 nitrogen and oxygen atoms in total. The van der Waals surface area contributed by atoms with E-state index >= 15 is 0 Å². The summed E-state index contributed by atoms with van der Waals surface area (Å²) in [5, 5.41) is 6.84. The molecule has 1 aromatic heterocycles. The molecule has 1 aliphatic rings. The monoisotopic (exact) mass is 315 g/mol. The molecule has 1 N–H and O–H groups in total. The number of benzene rings is 1.